The number of hydrogen-bond donors (Lipinski definition) is 0. The molecular weight excluding hydrogens is 216 g/mol. The molecular formula is C10H9BrO. The Morgan fingerprint density at radius 3 is 2.50 bits per heavy atom. The molecule has 1 nitrogen and oxygen atoms in total. The molecule has 2 heteroatoms. The average molecular weight is 225 g/mol. The maximum absolute atomic E-state index is 5.50. The zero-order chi connectivity index (χ0) is 8.72. The number of hydrogen-bond acceptors (Lipinski definition) is 1. The van der Waals surface area contributed by atoms with Crippen LogP contribution in [0.25, 0.3) is 11.0 Å². The molecule has 0 aliphatic carbocycles. The van der Waals surface area contributed by atoms with E-state index in [4.69, 9.17) is 4.42 Å². The van der Waals surface area contributed by atoms with Gasteiger partial charge >= 0.3 is 0 Å². The van der Waals surface area contributed by atoms with Gasteiger partial charge in [0.1, 0.15) is 5.58 Å². The molecule has 0 fully saturated rings. The van der Waals surface area contributed by atoms with Crippen LogP contribution in [-0.4, -0.2) is 0 Å². The Balaban J connectivity index is 2.93. The van der Waals surface area contributed by atoms with Crippen molar-refractivity contribution in [1.82, 2.24) is 0 Å². The first kappa shape index (κ1) is 7.87. The van der Waals surface area contributed by atoms with Crippen LogP contribution in [0.15, 0.2) is 27.3 Å². The Labute approximate surface area is 79.5 Å². The Morgan fingerprint density at radius 2 is 1.83 bits per heavy atom. The van der Waals surface area contributed by atoms with Crippen molar-refractivity contribution in [2.24, 2.45) is 0 Å². The summed E-state index contributed by atoms with van der Waals surface area (Å²) in [6.45, 7) is 4.14. The lowest BCUT2D eigenvalue weighted by Gasteiger charge is -1.96. The fraction of sp³-hybridized carbons (Fsp3) is 0.200. The van der Waals surface area contributed by atoms with Crippen LogP contribution in [-0.2, 0) is 0 Å². The molecule has 0 bridgehead atoms. The molecule has 62 valence electrons. The van der Waals surface area contributed by atoms with Crippen molar-refractivity contribution in [3.05, 3.63) is 34.0 Å². The first-order valence-corrected chi connectivity index (χ1v) is 4.63. The highest BCUT2D eigenvalue weighted by Gasteiger charge is 2.05. The number of benzene rings is 1. The minimum Gasteiger partial charge on any atom is -0.449 e. The molecule has 0 atom stereocenters. The molecule has 2 aromatic rings. The van der Waals surface area contributed by atoms with Crippen molar-refractivity contribution in [3.8, 4) is 0 Å². The van der Waals surface area contributed by atoms with Crippen molar-refractivity contribution < 1.29 is 4.42 Å². The second-order valence-electron chi connectivity index (χ2n) is 2.99. The molecule has 2 rings (SSSR count). The molecule has 0 unspecified atom stereocenters. The van der Waals surface area contributed by atoms with Gasteiger partial charge in [-0.15, -0.1) is 0 Å². The molecule has 0 aliphatic heterocycles. The van der Waals surface area contributed by atoms with Crippen LogP contribution in [0.4, 0.5) is 0 Å². The van der Waals surface area contributed by atoms with Gasteiger partial charge in [0.25, 0.3) is 0 Å². The summed E-state index contributed by atoms with van der Waals surface area (Å²) >= 11 is 3.33. The smallest absolute Gasteiger partial charge is 0.170 e. The van der Waals surface area contributed by atoms with Crippen LogP contribution in [0.1, 0.15) is 11.1 Å². The first-order valence-electron chi connectivity index (χ1n) is 3.84. The monoisotopic (exact) mass is 224 g/mol. The molecule has 0 saturated heterocycles. The standard InChI is InChI=1S/C10H9BrO/c1-6-3-4-7(2)10-8(6)5-9(11)12-10/h3-5H,1-2H3. The predicted molar refractivity (Wildman–Crippen MR) is 53.4 cm³/mol. The van der Waals surface area contributed by atoms with Gasteiger partial charge in [-0.2, -0.15) is 0 Å². The second kappa shape index (κ2) is 2.63. The molecule has 0 spiro atoms. The topological polar surface area (TPSA) is 13.1 Å². The lowest BCUT2D eigenvalue weighted by molar-refractivity contribution is 0.585. The van der Waals surface area contributed by atoms with Crippen LogP contribution in [0.5, 0.6) is 0 Å². The summed E-state index contributed by atoms with van der Waals surface area (Å²) in [5.74, 6) is 0. The summed E-state index contributed by atoms with van der Waals surface area (Å²) in [6, 6.07) is 6.20. The summed E-state index contributed by atoms with van der Waals surface area (Å²) in [7, 11) is 0. The fourth-order valence-corrected chi connectivity index (χ4v) is 1.75. The summed E-state index contributed by atoms with van der Waals surface area (Å²) in [6.07, 6.45) is 0. The molecule has 0 saturated carbocycles. The molecule has 0 radical (unpaired) electrons. The highest BCUT2D eigenvalue weighted by atomic mass is 79.9. The Morgan fingerprint density at radius 1 is 1.17 bits per heavy atom. The number of fused-ring (bicyclic) bond motifs is 1. The van der Waals surface area contributed by atoms with Gasteiger partial charge in [-0.25, -0.2) is 0 Å². The quantitative estimate of drug-likeness (QED) is 0.664. The van der Waals surface area contributed by atoms with Gasteiger partial charge in [-0.1, -0.05) is 12.1 Å². The number of aryl methyl sites for hydroxylation is 2. The van der Waals surface area contributed by atoms with Gasteiger partial charge in [0.05, 0.1) is 0 Å². The van der Waals surface area contributed by atoms with Crippen molar-refractivity contribution in [3.63, 3.8) is 0 Å². The molecule has 0 aliphatic rings. The molecule has 1 aromatic carbocycles. The van der Waals surface area contributed by atoms with Crippen molar-refractivity contribution in [2.45, 2.75) is 13.8 Å². The van der Waals surface area contributed by atoms with E-state index in [1.54, 1.807) is 0 Å². The SMILES string of the molecule is Cc1ccc(C)c2oc(Br)cc12. The lowest BCUT2D eigenvalue weighted by Crippen LogP contribution is -1.76. The van der Waals surface area contributed by atoms with Crippen LogP contribution < -0.4 is 0 Å². The normalized spacial score (nSPS) is 10.9. The van der Waals surface area contributed by atoms with E-state index in [-0.39, 0.29) is 0 Å². The highest BCUT2D eigenvalue weighted by molar-refractivity contribution is 9.10. The van der Waals surface area contributed by atoms with Gasteiger partial charge in [0.2, 0.25) is 0 Å². The van der Waals surface area contributed by atoms with Crippen molar-refractivity contribution >= 4 is 26.9 Å². The Hall–Kier alpha value is -0.760. The number of rotatable bonds is 0. The molecule has 1 heterocycles. The second-order valence-corrected chi connectivity index (χ2v) is 3.77. The average Bonchev–Trinajstić information content (AvgIpc) is 2.41. The predicted octanol–water partition coefficient (Wildman–Crippen LogP) is 3.81. The van der Waals surface area contributed by atoms with Gasteiger partial charge in [-0.3, -0.25) is 0 Å². The maximum Gasteiger partial charge on any atom is 0.170 e. The minimum atomic E-state index is 0.801. The van der Waals surface area contributed by atoms with Crippen LogP contribution in [0.2, 0.25) is 0 Å². The third-order valence-electron chi connectivity index (χ3n) is 2.07. The van der Waals surface area contributed by atoms with E-state index in [1.165, 1.54) is 16.5 Å². The van der Waals surface area contributed by atoms with E-state index in [0.717, 1.165) is 10.3 Å². The van der Waals surface area contributed by atoms with E-state index in [0.29, 0.717) is 0 Å². The van der Waals surface area contributed by atoms with Gasteiger partial charge in [0, 0.05) is 5.39 Å². The van der Waals surface area contributed by atoms with Gasteiger partial charge in [0.15, 0.2) is 4.67 Å². The van der Waals surface area contributed by atoms with Crippen LogP contribution in [0.3, 0.4) is 0 Å². The van der Waals surface area contributed by atoms with Crippen LogP contribution >= 0.6 is 15.9 Å². The summed E-state index contributed by atoms with van der Waals surface area (Å²) < 4.78 is 6.30. The third-order valence-corrected chi connectivity index (χ3v) is 2.46. The maximum atomic E-state index is 5.50. The van der Waals surface area contributed by atoms with Crippen molar-refractivity contribution in [2.75, 3.05) is 0 Å². The van der Waals surface area contributed by atoms with E-state index in [1.807, 2.05) is 6.07 Å². The third kappa shape index (κ3) is 1.07. The van der Waals surface area contributed by atoms with E-state index >= 15 is 0 Å². The van der Waals surface area contributed by atoms with Gasteiger partial charge in [-0.05, 0) is 47.0 Å². The number of furan rings is 1. The van der Waals surface area contributed by atoms with Crippen molar-refractivity contribution in [1.29, 1.82) is 0 Å². The lowest BCUT2D eigenvalue weighted by atomic mass is 10.1. The Bertz CT molecular complexity index is 390. The highest BCUT2D eigenvalue weighted by Crippen LogP contribution is 2.28. The molecule has 12 heavy (non-hydrogen) atoms. The zero-order valence-corrected chi connectivity index (χ0v) is 8.60. The molecule has 0 N–H and O–H groups in total. The van der Waals surface area contributed by atoms with Crippen LogP contribution in [0, 0.1) is 13.8 Å². The first-order chi connectivity index (χ1) is 5.68. The summed E-state index contributed by atoms with van der Waals surface area (Å²) in [5, 5.41) is 1.20. The van der Waals surface area contributed by atoms with E-state index in [9.17, 15) is 0 Å². The van der Waals surface area contributed by atoms with E-state index < -0.39 is 0 Å². The largest absolute Gasteiger partial charge is 0.449 e. The fourth-order valence-electron chi connectivity index (χ4n) is 1.36. The minimum absolute atomic E-state index is 0.801. The molecule has 0 amide bonds. The summed E-state index contributed by atoms with van der Waals surface area (Å²) in [4.78, 5) is 0. The Kier molecular flexibility index (Phi) is 1.72. The van der Waals surface area contributed by atoms with Gasteiger partial charge < -0.3 is 4.42 Å². The van der Waals surface area contributed by atoms with E-state index in [2.05, 4.69) is 41.9 Å². The zero-order valence-electron chi connectivity index (χ0n) is 7.02. The number of halogens is 1. The molecule has 1 aromatic heterocycles. The summed E-state index contributed by atoms with van der Waals surface area (Å²) in [5.41, 5.74) is 3.42.